The van der Waals surface area contributed by atoms with Gasteiger partial charge in [-0.1, -0.05) is 0 Å². The van der Waals surface area contributed by atoms with Crippen LogP contribution < -0.4 is 5.73 Å². The number of aromatic nitrogens is 2. The Balaban J connectivity index is 3.11. The zero-order valence-corrected chi connectivity index (χ0v) is 9.22. The summed E-state index contributed by atoms with van der Waals surface area (Å²) < 4.78 is 2.91. The van der Waals surface area contributed by atoms with Gasteiger partial charge in [-0.05, 0) is 36.7 Å². The van der Waals surface area contributed by atoms with E-state index in [0.717, 1.165) is 10.2 Å². The molecule has 1 rings (SSSR count). The van der Waals surface area contributed by atoms with Gasteiger partial charge in [0.25, 0.3) is 0 Å². The molecule has 0 radical (unpaired) electrons. The summed E-state index contributed by atoms with van der Waals surface area (Å²) in [5, 5.41) is 4.25. The molecule has 0 spiro atoms. The maximum absolute atomic E-state index is 5.52. The highest BCUT2D eigenvalue weighted by Gasteiger charge is 2.18. The van der Waals surface area contributed by atoms with Crippen LogP contribution in [0, 0.1) is 0 Å². The number of rotatable bonds is 1. The molecular weight excluding hydrogens is 218 g/mol. The zero-order chi connectivity index (χ0) is 9.35. The molecule has 0 aromatic carbocycles. The molecule has 0 saturated heterocycles. The van der Waals surface area contributed by atoms with Crippen molar-refractivity contribution in [1.82, 2.24) is 9.78 Å². The maximum Gasteiger partial charge on any atom is 0.109 e. The summed E-state index contributed by atoms with van der Waals surface area (Å²) in [4.78, 5) is 0. The highest BCUT2D eigenvalue weighted by atomic mass is 79.9. The van der Waals surface area contributed by atoms with Crippen molar-refractivity contribution >= 4 is 15.9 Å². The van der Waals surface area contributed by atoms with Crippen LogP contribution in [-0.4, -0.2) is 9.78 Å². The number of hydrogen-bond donors (Lipinski definition) is 1. The van der Waals surface area contributed by atoms with Crippen molar-refractivity contribution in [2.45, 2.75) is 32.9 Å². The van der Waals surface area contributed by atoms with Gasteiger partial charge in [0.1, 0.15) is 4.60 Å². The van der Waals surface area contributed by atoms with Crippen LogP contribution in [-0.2, 0) is 12.1 Å². The number of nitrogens with two attached hydrogens (primary N) is 1. The molecule has 0 unspecified atom stereocenters. The zero-order valence-electron chi connectivity index (χ0n) is 7.63. The summed E-state index contributed by atoms with van der Waals surface area (Å²) in [5.41, 5.74) is 6.58. The third-order valence-electron chi connectivity index (χ3n) is 1.64. The molecule has 3 nitrogen and oxygen atoms in total. The van der Waals surface area contributed by atoms with E-state index in [9.17, 15) is 0 Å². The summed E-state index contributed by atoms with van der Waals surface area (Å²) in [7, 11) is 0. The first-order valence-electron chi connectivity index (χ1n) is 3.89. The largest absolute Gasteiger partial charge is 0.326 e. The molecular formula is C8H14BrN3. The fourth-order valence-corrected chi connectivity index (χ4v) is 1.86. The molecule has 1 aromatic heterocycles. The summed E-state index contributed by atoms with van der Waals surface area (Å²) in [6, 6.07) is 0. The average Bonchev–Trinajstić information content (AvgIpc) is 2.29. The molecule has 0 aliphatic heterocycles. The lowest BCUT2D eigenvalue weighted by Gasteiger charge is -2.20. The molecule has 0 fully saturated rings. The second-order valence-electron chi connectivity index (χ2n) is 3.75. The van der Waals surface area contributed by atoms with Crippen molar-refractivity contribution in [1.29, 1.82) is 0 Å². The third kappa shape index (κ3) is 1.69. The first-order chi connectivity index (χ1) is 5.46. The minimum absolute atomic E-state index is 0.00620. The van der Waals surface area contributed by atoms with Crippen LogP contribution in [0.2, 0.25) is 0 Å². The summed E-state index contributed by atoms with van der Waals surface area (Å²) in [6.45, 7) is 6.83. The molecule has 0 saturated carbocycles. The molecule has 1 aromatic rings. The number of hydrogen-bond acceptors (Lipinski definition) is 2. The van der Waals surface area contributed by atoms with Gasteiger partial charge in [-0.3, -0.25) is 4.68 Å². The Morgan fingerprint density at radius 1 is 1.58 bits per heavy atom. The average molecular weight is 232 g/mol. The molecule has 2 N–H and O–H groups in total. The molecule has 12 heavy (non-hydrogen) atoms. The molecule has 0 amide bonds. The lowest BCUT2D eigenvalue weighted by Crippen LogP contribution is -2.23. The van der Waals surface area contributed by atoms with Crippen molar-refractivity contribution in [3.63, 3.8) is 0 Å². The lowest BCUT2D eigenvalue weighted by atomic mass is 10.1. The molecule has 4 heteroatoms. The van der Waals surface area contributed by atoms with Crippen molar-refractivity contribution in [2.24, 2.45) is 5.73 Å². The Kier molecular flexibility index (Phi) is 2.58. The Morgan fingerprint density at radius 3 is 2.42 bits per heavy atom. The predicted molar refractivity (Wildman–Crippen MR) is 52.8 cm³/mol. The van der Waals surface area contributed by atoms with Crippen LogP contribution in [0.5, 0.6) is 0 Å². The molecule has 0 aliphatic carbocycles. The van der Waals surface area contributed by atoms with Gasteiger partial charge in [0.05, 0.1) is 11.7 Å². The van der Waals surface area contributed by atoms with Crippen LogP contribution in [0.4, 0.5) is 0 Å². The van der Waals surface area contributed by atoms with Crippen LogP contribution >= 0.6 is 15.9 Å². The molecule has 68 valence electrons. The van der Waals surface area contributed by atoms with Crippen molar-refractivity contribution in [3.05, 3.63) is 16.4 Å². The second-order valence-corrected chi connectivity index (χ2v) is 4.50. The first-order valence-corrected chi connectivity index (χ1v) is 4.69. The van der Waals surface area contributed by atoms with Crippen molar-refractivity contribution in [3.8, 4) is 0 Å². The molecule has 0 aliphatic rings. The van der Waals surface area contributed by atoms with Gasteiger partial charge in [-0.25, -0.2) is 0 Å². The highest BCUT2D eigenvalue weighted by molar-refractivity contribution is 9.10. The van der Waals surface area contributed by atoms with E-state index in [1.54, 1.807) is 6.20 Å². The lowest BCUT2D eigenvalue weighted by molar-refractivity contribution is 0.348. The van der Waals surface area contributed by atoms with E-state index in [-0.39, 0.29) is 5.54 Å². The Morgan fingerprint density at radius 2 is 2.17 bits per heavy atom. The van der Waals surface area contributed by atoms with Crippen LogP contribution in [0.3, 0.4) is 0 Å². The van der Waals surface area contributed by atoms with Gasteiger partial charge in [-0.15, -0.1) is 0 Å². The van der Waals surface area contributed by atoms with E-state index in [4.69, 9.17) is 5.73 Å². The van der Waals surface area contributed by atoms with Crippen LogP contribution in [0.1, 0.15) is 26.3 Å². The summed E-state index contributed by atoms with van der Waals surface area (Å²) in [6.07, 6.45) is 1.80. The predicted octanol–water partition coefficient (Wildman–Crippen LogP) is 1.86. The quantitative estimate of drug-likeness (QED) is 0.803. The van der Waals surface area contributed by atoms with E-state index in [0.29, 0.717) is 6.54 Å². The normalized spacial score (nSPS) is 12.1. The first kappa shape index (κ1) is 9.74. The maximum atomic E-state index is 5.52. The van der Waals surface area contributed by atoms with Crippen molar-refractivity contribution < 1.29 is 0 Å². The van der Waals surface area contributed by atoms with E-state index in [1.165, 1.54) is 0 Å². The smallest absolute Gasteiger partial charge is 0.109 e. The minimum atomic E-state index is 0.00620. The fourth-order valence-electron chi connectivity index (χ4n) is 0.972. The van der Waals surface area contributed by atoms with E-state index >= 15 is 0 Å². The fraction of sp³-hybridized carbons (Fsp3) is 0.625. The minimum Gasteiger partial charge on any atom is -0.326 e. The summed E-state index contributed by atoms with van der Waals surface area (Å²) in [5.74, 6) is 0. The molecule has 1 heterocycles. The number of nitrogens with zero attached hydrogens (tertiary/aromatic N) is 2. The van der Waals surface area contributed by atoms with E-state index < -0.39 is 0 Å². The summed E-state index contributed by atoms with van der Waals surface area (Å²) >= 11 is 3.47. The van der Waals surface area contributed by atoms with Crippen LogP contribution in [0.25, 0.3) is 0 Å². The van der Waals surface area contributed by atoms with E-state index in [1.807, 2.05) is 4.68 Å². The van der Waals surface area contributed by atoms with Gasteiger partial charge in [-0.2, -0.15) is 5.10 Å². The second kappa shape index (κ2) is 3.18. The standard InChI is InChI=1S/C8H14BrN3/c1-8(2,3)12-7(9)6(4-10)5-11-12/h5H,4,10H2,1-3H3. The van der Waals surface area contributed by atoms with Crippen molar-refractivity contribution in [2.75, 3.05) is 0 Å². The van der Waals surface area contributed by atoms with Gasteiger partial charge >= 0.3 is 0 Å². The van der Waals surface area contributed by atoms with Crippen LogP contribution in [0.15, 0.2) is 10.8 Å². The highest BCUT2D eigenvalue weighted by Crippen LogP contribution is 2.23. The SMILES string of the molecule is CC(C)(C)n1ncc(CN)c1Br. The molecule has 0 bridgehead atoms. The molecule has 0 atom stereocenters. The Labute approximate surface area is 81.1 Å². The van der Waals surface area contributed by atoms with E-state index in [2.05, 4.69) is 41.8 Å². The third-order valence-corrected chi connectivity index (χ3v) is 2.48. The topological polar surface area (TPSA) is 43.8 Å². The monoisotopic (exact) mass is 231 g/mol. The Bertz CT molecular complexity index is 272. The van der Waals surface area contributed by atoms with Gasteiger partial charge in [0.15, 0.2) is 0 Å². The van der Waals surface area contributed by atoms with Gasteiger partial charge in [0, 0.05) is 12.1 Å². The van der Waals surface area contributed by atoms with Gasteiger partial charge < -0.3 is 5.73 Å². The Hall–Kier alpha value is -0.350. The number of halogens is 1. The van der Waals surface area contributed by atoms with Gasteiger partial charge in [0.2, 0.25) is 0 Å².